The fourth-order valence-corrected chi connectivity index (χ4v) is 2.86. The van der Waals surface area contributed by atoms with Crippen LogP contribution in [0.1, 0.15) is 49.9 Å². The van der Waals surface area contributed by atoms with Crippen molar-refractivity contribution in [1.29, 1.82) is 0 Å². The minimum absolute atomic E-state index is 0.00530. The van der Waals surface area contributed by atoms with Crippen LogP contribution in [0, 0.1) is 17.2 Å². The Labute approximate surface area is 107 Å². The number of hydrogen-bond donors (Lipinski definition) is 1. The Hall–Kier alpha value is -1.38. The van der Waals surface area contributed by atoms with Crippen LogP contribution in [0.3, 0.4) is 0 Å². The van der Waals surface area contributed by atoms with Crippen LogP contribution in [-0.4, -0.2) is 5.78 Å². The van der Waals surface area contributed by atoms with Gasteiger partial charge in [-0.05, 0) is 36.5 Å². The zero-order chi connectivity index (χ0) is 13.3. The third-order valence-electron chi connectivity index (χ3n) is 4.11. The molecule has 3 heteroatoms. The molecule has 1 aliphatic rings. The number of halogens is 1. The van der Waals surface area contributed by atoms with E-state index in [1.165, 1.54) is 18.6 Å². The minimum atomic E-state index is -0.505. The second-order valence-corrected chi connectivity index (χ2v) is 5.89. The van der Waals surface area contributed by atoms with Gasteiger partial charge in [-0.1, -0.05) is 26.7 Å². The number of nitrogens with two attached hydrogens (primary N) is 1. The molecule has 0 saturated heterocycles. The molecule has 98 valence electrons. The Bertz CT molecular complexity index is 468. The van der Waals surface area contributed by atoms with E-state index in [9.17, 15) is 9.18 Å². The minimum Gasteiger partial charge on any atom is -0.396 e. The van der Waals surface area contributed by atoms with Gasteiger partial charge in [0.2, 0.25) is 0 Å². The second kappa shape index (κ2) is 4.71. The molecule has 18 heavy (non-hydrogen) atoms. The molecule has 0 aliphatic heterocycles. The summed E-state index contributed by atoms with van der Waals surface area (Å²) < 4.78 is 13.4. The zero-order valence-corrected chi connectivity index (χ0v) is 11.0. The summed E-state index contributed by atoms with van der Waals surface area (Å²) >= 11 is 0. The molecule has 1 aromatic carbocycles. The van der Waals surface area contributed by atoms with Gasteiger partial charge in [-0.2, -0.15) is 0 Å². The molecule has 2 rings (SSSR count). The molecule has 0 amide bonds. The van der Waals surface area contributed by atoms with E-state index in [0.717, 1.165) is 19.3 Å². The van der Waals surface area contributed by atoms with Gasteiger partial charge < -0.3 is 5.73 Å². The van der Waals surface area contributed by atoms with Crippen molar-refractivity contribution < 1.29 is 9.18 Å². The van der Waals surface area contributed by atoms with Crippen LogP contribution in [0.5, 0.6) is 0 Å². The molecule has 0 heterocycles. The predicted molar refractivity (Wildman–Crippen MR) is 70.9 cm³/mol. The average Bonchev–Trinajstić information content (AvgIpc) is 2.31. The maximum atomic E-state index is 13.4. The third kappa shape index (κ3) is 2.40. The number of hydrogen-bond acceptors (Lipinski definition) is 2. The van der Waals surface area contributed by atoms with Crippen LogP contribution >= 0.6 is 0 Å². The standard InChI is InChI=1S/C15H20FNO/c1-15(2)8-4-3-5-11(15)14(18)10-6-7-13(17)12(16)9-10/h6-7,9,11H,3-5,8,17H2,1-2H3. The van der Waals surface area contributed by atoms with Gasteiger partial charge in [0.1, 0.15) is 5.82 Å². The molecule has 1 unspecified atom stereocenters. The molecule has 0 radical (unpaired) electrons. The fraction of sp³-hybridized carbons (Fsp3) is 0.533. The highest BCUT2D eigenvalue weighted by Crippen LogP contribution is 2.42. The van der Waals surface area contributed by atoms with Gasteiger partial charge in [0.25, 0.3) is 0 Å². The van der Waals surface area contributed by atoms with E-state index in [-0.39, 0.29) is 22.8 Å². The van der Waals surface area contributed by atoms with Crippen LogP contribution in [0.15, 0.2) is 18.2 Å². The van der Waals surface area contributed by atoms with Gasteiger partial charge in [-0.15, -0.1) is 0 Å². The highest BCUT2D eigenvalue weighted by atomic mass is 19.1. The topological polar surface area (TPSA) is 43.1 Å². The number of ketones is 1. The van der Waals surface area contributed by atoms with E-state index in [4.69, 9.17) is 5.73 Å². The summed E-state index contributed by atoms with van der Waals surface area (Å²) in [5.74, 6) is -0.456. The largest absolute Gasteiger partial charge is 0.396 e. The summed E-state index contributed by atoms with van der Waals surface area (Å²) in [7, 11) is 0. The van der Waals surface area contributed by atoms with Gasteiger partial charge in [0, 0.05) is 11.5 Å². The van der Waals surface area contributed by atoms with Crippen molar-refractivity contribution in [3.8, 4) is 0 Å². The maximum Gasteiger partial charge on any atom is 0.166 e. The molecule has 0 spiro atoms. The molecule has 0 aromatic heterocycles. The van der Waals surface area contributed by atoms with E-state index in [0.29, 0.717) is 5.56 Å². The van der Waals surface area contributed by atoms with Crippen LogP contribution in [0.4, 0.5) is 10.1 Å². The number of benzene rings is 1. The van der Waals surface area contributed by atoms with E-state index in [1.54, 1.807) is 6.07 Å². The summed E-state index contributed by atoms with van der Waals surface area (Å²) in [6.07, 6.45) is 4.21. The first kappa shape index (κ1) is 13.1. The Kier molecular flexibility index (Phi) is 3.42. The smallest absolute Gasteiger partial charge is 0.166 e. The van der Waals surface area contributed by atoms with E-state index in [1.807, 2.05) is 0 Å². The number of carbonyl (C=O) groups is 1. The van der Waals surface area contributed by atoms with Crippen molar-refractivity contribution >= 4 is 11.5 Å². The summed E-state index contributed by atoms with van der Waals surface area (Å²) in [5.41, 5.74) is 5.98. The summed E-state index contributed by atoms with van der Waals surface area (Å²) in [5, 5.41) is 0. The third-order valence-corrected chi connectivity index (χ3v) is 4.11. The maximum absolute atomic E-state index is 13.4. The molecule has 0 bridgehead atoms. The zero-order valence-electron chi connectivity index (χ0n) is 11.0. The SMILES string of the molecule is CC1(C)CCCCC1C(=O)c1ccc(N)c(F)c1. The van der Waals surface area contributed by atoms with Crippen molar-refractivity contribution in [3.05, 3.63) is 29.6 Å². The first-order valence-corrected chi connectivity index (χ1v) is 6.51. The molecule has 1 saturated carbocycles. The lowest BCUT2D eigenvalue weighted by atomic mass is 9.66. The number of rotatable bonds is 2. The second-order valence-electron chi connectivity index (χ2n) is 5.89. The van der Waals surface area contributed by atoms with E-state index in [2.05, 4.69) is 13.8 Å². The van der Waals surface area contributed by atoms with E-state index < -0.39 is 5.82 Å². The Morgan fingerprint density at radius 3 is 2.72 bits per heavy atom. The molecular formula is C15H20FNO. The lowest BCUT2D eigenvalue weighted by Gasteiger charge is -2.37. The van der Waals surface area contributed by atoms with Crippen molar-refractivity contribution in [2.24, 2.45) is 11.3 Å². The first-order chi connectivity index (χ1) is 8.42. The van der Waals surface area contributed by atoms with Crippen LogP contribution in [-0.2, 0) is 0 Å². The Balaban J connectivity index is 2.27. The lowest BCUT2D eigenvalue weighted by Crippen LogP contribution is -2.34. The van der Waals surface area contributed by atoms with E-state index >= 15 is 0 Å². The molecular weight excluding hydrogens is 229 g/mol. The normalized spacial score (nSPS) is 22.7. The van der Waals surface area contributed by atoms with Gasteiger partial charge in [0.15, 0.2) is 5.78 Å². The molecule has 1 atom stereocenters. The highest BCUT2D eigenvalue weighted by molar-refractivity contribution is 5.98. The summed E-state index contributed by atoms with van der Waals surface area (Å²) in [4.78, 5) is 12.5. The summed E-state index contributed by atoms with van der Waals surface area (Å²) in [6.45, 7) is 4.25. The molecule has 2 nitrogen and oxygen atoms in total. The molecule has 1 aromatic rings. The Morgan fingerprint density at radius 1 is 1.39 bits per heavy atom. The number of carbonyl (C=O) groups excluding carboxylic acids is 1. The number of nitrogen functional groups attached to an aromatic ring is 1. The molecule has 2 N–H and O–H groups in total. The van der Waals surface area contributed by atoms with Crippen molar-refractivity contribution in [1.82, 2.24) is 0 Å². The predicted octanol–water partition coefficient (Wildman–Crippen LogP) is 3.81. The monoisotopic (exact) mass is 249 g/mol. The van der Waals surface area contributed by atoms with Crippen LogP contribution < -0.4 is 5.73 Å². The number of anilines is 1. The van der Waals surface area contributed by atoms with Crippen LogP contribution in [0.2, 0.25) is 0 Å². The van der Waals surface area contributed by atoms with Gasteiger partial charge >= 0.3 is 0 Å². The molecule has 1 fully saturated rings. The Morgan fingerprint density at radius 2 is 2.11 bits per heavy atom. The van der Waals surface area contributed by atoms with Gasteiger partial charge in [-0.3, -0.25) is 4.79 Å². The summed E-state index contributed by atoms with van der Waals surface area (Å²) in [6, 6.07) is 4.37. The van der Waals surface area contributed by atoms with Crippen molar-refractivity contribution in [2.75, 3.05) is 5.73 Å². The van der Waals surface area contributed by atoms with Gasteiger partial charge in [0.05, 0.1) is 5.69 Å². The average molecular weight is 249 g/mol. The first-order valence-electron chi connectivity index (χ1n) is 6.51. The van der Waals surface area contributed by atoms with Crippen molar-refractivity contribution in [2.45, 2.75) is 39.5 Å². The van der Waals surface area contributed by atoms with Gasteiger partial charge in [-0.25, -0.2) is 4.39 Å². The number of Topliss-reactive ketones (excluding diaryl/α,β-unsaturated/α-hetero) is 1. The quantitative estimate of drug-likeness (QED) is 0.639. The highest BCUT2D eigenvalue weighted by Gasteiger charge is 2.37. The molecule has 1 aliphatic carbocycles. The lowest BCUT2D eigenvalue weighted by molar-refractivity contribution is 0.0697. The fourth-order valence-electron chi connectivity index (χ4n) is 2.86. The van der Waals surface area contributed by atoms with Crippen LogP contribution in [0.25, 0.3) is 0 Å². The van der Waals surface area contributed by atoms with Crippen molar-refractivity contribution in [3.63, 3.8) is 0 Å².